The average Bonchev–Trinajstić information content (AvgIpc) is 2.66. The summed E-state index contributed by atoms with van der Waals surface area (Å²) in [4.78, 5) is 21.1. The molecule has 0 spiro atoms. The first-order valence-electron chi connectivity index (χ1n) is 5.81. The Hall–Kier alpha value is -1.56. The van der Waals surface area contributed by atoms with E-state index in [1.807, 2.05) is 11.8 Å². The van der Waals surface area contributed by atoms with Gasteiger partial charge in [-0.15, -0.1) is 0 Å². The molecule has 2 rings (SSSR count). The van der Waals surface area contributed by atoms with E-state index in [-0.39, 0.29) is 0 Å². The van der Waals surface area contributed by atoms with Crippen molar-refractivity contribution in [2.45, 2.75) is 6.42 Å². The zero-order valence-electron chi connectivity index (χ0n) is 9.95. The van der Waals surface area contributed by atoms with Crippen molar-refractivity contribution in [1.29, 1.82) is 0 Å². The molecule has 5 nitrogen and oxygen atoms in total. The molecule has 96 valence electrons. The summed E-state index contributed by atoms with van der Waals surface area (Å²) in [5, 5.41) is 8.53. The third-order valence-corrected chi connectivity index (χ3v) is 3.63. The number of thioether (sulfide) groups is 1. The Bertz CT molecular complexity index is 425. The first-order valence-corrected chi connectivity index (χ1v) is 6.97. The monoisotopic (exact) mass is 265 g/mol. The van der Waals surface area contributed by atoms with E-state index in [4.69, 9.17) is 5.11 Å². The number of hydrogen-bond acceptors (Lipinski definition) is 5. The maximum atomic E-state index is 10.4. The lowest BCUT2D eigenvalue weighted by Gasteiger charge is -2.19. The van der Waals surface area contributed by atoms with E-state index < -0.39 is 5.97 Å². The highest BCUT2D eigenvalue weighted by atomic mass is 32.2. The predicted molar refractivity (Wildman–Crippen MR) is 72.9 cm³/mol. The number of carboxylic acid groups (broad SMARTS) is 1. The van der Waals surface area contributed by atoms with Gasteiger partial charge in [-0.25, -0.2) is 14.8 Å². The number of carboxylic acids is 1. The molecule has 1 saturated heterocycles. The van der Waals surface area contributed by atoms with Crippen LogP contribution in [0.2, 0.25) is 0 Å². The Labute approximate surface area is 110 Å². The second-order valence-corrected chi connectivity index (χ2v) is 5.17. The minimum Gasteiger partial charge on any atom is -0.478 e. The van der Waals surface area contributed by atoms with Crippen LogP contribution in [0.4, 0.5) is 5.95 Å². The smallest absolute Gasteiger partial charge is 0.328 e. The number of rotatable bonds is 3. The Kier molecular flexibility index (Phi) is 4.58. The molecule has 6 heteroatoms. The van der Waals surface area contributed by atoms with Crippen molar-refractivity contribution in [3.63, 3.8) is 0 Å². The van der Waals surface area contributed by atoms with Crippen LogP contribution in [0, 0.1) is 0 Å². The van der Waals surface area contributed by atoms with Crippen molar-refractivity contribution in [3.05, 3.63) is 24.0 Å². The summed E-state index contributed by atoms with van der Waals surface area (Å²) in [7, 11) is 0. The predicted octanol–water partition coefficient (Wildman–Crippen LogP) is 1.52. The minimum atomic E-state index is -0.969. The van der Waals surface area contributed by atoms with Crippen LogP contribution in [-0.2, 0) is 4.79 Å². The first kappa shape index (κ1) is 12.9. The molecule has 0 radical (unpaired) electrons. The first-order chi connectivity index (χ1) is 8.75. The molecule has 0 unspecified atom stereocenters. The van der Waals surface area contributed by atoms with E-state index in [0.29, 0.717) is 5.56 Å². The SMILES string of the molecule is O=C(O)/C=C/c1cnc(N2CCCSCC2)nc1. The largest absolute Gasteiger partial charge is 0.478 e. The number of hydrogen-bond donors (Lipinski definition) is 1. The van der Waals surface area contributed by atoms with E-state index in [0.717, 1.165) is 37.3 Å². The van der Waals surface area contributed by atoms with Gasteiger partial charge in [0.25, 0.3) is 0 Å². The summed E-state index contributed by atoms with van der Waals surface area (Å²) >= 11 is 1.95. The van der Waals surface area contributed by atoms with Crippen LogP contribution >= 0.6 is 11.8 Å². The van der Waals surface area contributed by atoms with Crippen molar-refractivity contribution in [2.75, 3.05) is 29.5 Å². The zero-order chi connectivity index (χ0) is 12.8. The molecule has 1 aromatic rings. The van der Waals surface area contributed by atoms with Crippen LogP contribution in [0.15, 0.2) is 18.5 Å². The standard InChI is InChI=1S/C12H15N3O2S/c16-11(17)3-2-10-8-13-12(14-9-10)15-4-1-6-18-7-5-15/h2-3,8-9H,1,4-7H2,(H,16,17)/b3-2+. The van der Waals surface area contributed by atoms with Gasteiger partial charge in [0, 0.05) is 42.9 Å². The molecule has 1 N–H and O–H groups in total. The van der Waals surface area contributed by atoms with Gasteiger partial charge in [-0.2, -0.15) is 11.8 Å². The molecule has 18 heavy (non-hydrogen) atoms. The van der Waals surface area contributed by atoms with Crippen LogP contribution in [0.3, 0.4) is 0 Å². The van der Waals surface area contributed by atoms with E-state index in [9.17, 15) is 4.79 Å². The van der Waals surface area contributed by atoms with Gasteiger partial charge in [0.05, 0.1) is 0 Å². The normalized spacial score (nSPS) is 16.8. The topological polar surface area (TPSA) is 66.3 Å². The highest BCUT2D eigenvalue weighted by Crippen LogP contribution is 2.15. The highest BCUT2D eigenvalue weighted by molar-refractivity contribution is 7.99. The van der Waals surface area contributed by atoms with Crippen LogP contribution in [0.1, 0.15) is 12.0 Å². The van der Waals surface area contributed by atoms with Crippen LogP contribution in [-0.4, -0.2) is 45.6 Å². The van der Waals surface area contributed by atoms with Crippen molar-refractivity contribution in [2.24, 2.45) is 0 Å². The third kappa shape index (κ3) is 3.73. The average molecular weight is 265 g/mol. The van der Waals surface area contributed by atoms with E-state index in [2.05, 4.69) is 14.9 Å². The number of carbonyl (C=O) groups is 1. The van der Waals surface area contributed by atoms with Crippen molar-refractivity contribution in [1.82, 2.24) is 9.97 Å². The molecule has 2 heterocycles. The number of nitrogens with zero attached hydrogens (tertiary/aromatic N) is 3. The molecule has 0 aliphatic carbocycles. The molecule has 1 aliphatic rings. The molecule has 0 bridgehead atoms. The lowest BCUT2D eigenvalue weighted by molar-refractivity contribution is -0.131. The summed E-state index contributed by atoms with van der Waals surface area (Å²) in [5.74, 6) is 2.05. The fourth-order valence-corrected chi connectivity index (χ4v) is 2.58. The Balaban J connectivity index is 2.04. The molecule has 1 fully saturated rings. The van der Waals surface area contributed by atoms with Gasteiger partial charge in [-0.3, -0.25) is 0 Å². The van der Waals surface area contributed by atoms with Crippen molar-refractivity contribution in [3.8, 4) is 0 Å². The second-order valence-electron chi connectivity index (χ2n) is 3.94. The van der Waals surface area contributed by atoms with Gasteiger partial charge < -0.3 is 10.0 Å². The fourth-order valence-electron chi connectivity index (χ4n) is 1.69. The van der Waals surface area contributed by atoms with E-state index >= 15 is 0 Å². The summed E-state index contributed by atoms with van der Waals surface area (Å²) in [5.41, 5.74) is 0.699. The molecular formula is C12H15N3O2S. The maximum Gasteiger partial charge on any atom is 0.328 e. The van der Waals surface area contributed by atoms with Gasteiger partial charge in [-0.05, 0) is 18.2 Å². The minimum absolute atomic E-state index is 0.699. The quantitative estimate of drug-likeness (QED) is 0.836. The Morgan fingerprint density at radius 3 is 2.83 bits per heavy atom. The summed E-state index contributed by atoms with van der Waals surface area (Å²) < 4.78 is 0. The fraction of sp³-hybridized carbons (Fsp3) is 0.417. The van der Waals surface area contributed by atoms with Gasteiger partial charge in [0.1, 0.15) is 0 Å². The number of aliphatic carboxylic acids is 1. The highest BCUT2D eigenvalue weighted by Gasteiger charge is 2.11. The molecule has 0 amide bonds. The van der Waals surface area contributed by atoms with Crippen LogP contribution in [0.25, 0.3) is 6.08 Å². The molecular weight excluding hydrogens is 250 g/mol. The summed E-state index contributed by atoms with van der Waals surface area (Å²) in [6, 6.07) is 0. The maximum absolute atomic E-state index is 10.4. The summed E-state index contributed by atoms with van der Waals surface area (Å²) in [6.45, 7) is 1.95. The van der Waals surface area contributed by atoms with E-state index in [1.54, 1.807) is 12.4 Å². The molecule has 1 aliphatic heterocycles. The number of aromatic nitrogens is 2. The van der Waals surface area contributed by atoms with Crippen molar-refractivity contribution >= 4 is 29.8 Å². The number of anilines is 1. The van der Waals surface area contributed by atoms with Crippen LogP contribution in [0.5, 0.6) is 0 Å². The second kappa shape index (κ2) is 6.39. The van der Waals surface area contributed by atoms with Gasteiger partial charge in [0.15, 0.2) is 0 Å². The Morgan fingerprint density at radius 2 is 2.11 bits per heavy atom. The molecule has 1 aromatic heterocycles. The van der Waals surface area contributed by atoms with Crippen LogP contribution < -0.4 is 4.90 Å². The molecule has 0 aromatic carbocycles. The van der Waals surface area contributed by atoms with Crippen molar-refractivity contribution < 1.29 is 9.90 Å². The lowest BCUT2D eigenvalue weighted by atomic mass is 10.3. The molecule has 0 saturated carbocycles. The van der Waals surface area contributed by atoms with Gasteiger partial charge in [-0.1, -0.05) is 0 Å². The third-order valence-electron chi connectivity index (χ3n) is 2.58. The Morgan fingerprint density at radius 1 is 1.33 bits per heavy atom. The van der Waals surface area contributed by atoms with E-state index in [1.165, 1.54) is 11.8 Å². The lowest BCUT2D eigenvalue weighted by Crippen LogP contribution is -2.27. The summed E-state index contributed by atoms with van der Waals surface area (Å²) in [6.07, 6.45) is 7.03. The molecule has 0 atom stereocenters. The van der Waals surface area contributed by atoms with Gasteiger partial charge >= 0.3 is 5.97 Å². The van der Waals surface area contributed by atoms with Gasteiger partial charge in [0.2, 0.25) is 5.95 Å². The zero-order valence-corrected chi connectivity index (χ0v) is 10.8.